The van der Waals surface area contributed by atoms with Crippen LogP contribution in [0, 0.1) is 0 Å². The molecule has 3 heterocycles. The van der Waals surface area contributed by atoms with Crippen LogP contribution in [-0.4, -0.2) is 34.7 Å². The number of fused-ring (bicyclic) bond motifs is 1. The minimum Gasteiger partial charge on any atom is -0.490 e. The number of imidazole rings is 1. The largest absolute Gasteiger partial charge is 0.490 e. The number of carbonyl (C=O) groups excluding carboxylic acids is 1. The summed E-state index contributed by atoms with van der Waals surface area (Å²) in [4.78, 5) is 17.1. The molecule has 9 heteroatoms. The Labute approximate surface area is 212 Å². The smallest absolute Gasteiger partial charge is 0.262 e. The van der Waals surface area contributed by atoms with Crippen molar-refractivity contribution in [1.82, 2.24) is 14.9 Å². The number of thiophene rings is 1. The molecule has 0 aliphatic carbocycles. The molecule has 35 heavy (non-hydrogen) atoms. The van der Waals surface area contributed by atoms with Crippen LogP contribution < -0.4 is 20.5 Å². The van der Waals surface area contributed by atoms with Gasteiger partial charge in [0.2, 0.25) is 0 Å². The number of ether oxygens (including phenoxy) is 2. The van der Waals surface area contributed by atoms with Crippen molar-refractivity contribution in [1.29, 1.82) is 0 Å². The van der Waals surface area contributed by atoms with Gasteiger partial charge in [-0.1, -0.05) is 36.4 Å². The Bertz CT molecular complexity index is 1380. The molecule has 2 aromatic carbocycles. The van der Waals surface area contributed by atoms with Crippen LogP contribution in [0.4, 0.5) is 0 Å². The Morgan fingerprint density at radius 3 is 2.80 bits per heavy atom. The van der Waals surface area contributed by atoms with E-state index in [1.165, 1.54) is 11.3 Å². The average molecular weight is 509 g/mol. The van der Waals surface area contributed by atoms with Crippen LogP contribution in [0.1, 0.15) is 34.2 Å². The number of nitrogens with one attached hydrogen (secondary N) is 1. The maximum atomic E-state index is 12.3. The molecular formula is C26H25ClN4O3S. The fourth-order valence-corrected chi connectivity index (χ4v) is 5.33. The van der Waals surface area contributed by atoms with Crippen molar-refractivity contribution in [3.8, 4) is 16.5 Å². The molecule has 1 atom stereocenters. The summed E-state index contributed by atoms with van der Waals surface area (Å²) in [6.45, 7) is 5.79. The molecule has 1 amide bonds. The minimum atomic E-state index is -0.572. The van der Waals surface area contributed by atoms with Gasteiger partial charge < -0.3 is 20.5 Å². The van der Waals surface area contributed by atoms with Crippen molar-refractivity contribution in [2.24, 2.45) is 5.73 Å². The van der Waals surface area contributed by atoms with E-state index >= 15 is 0 Å². The van der Waals surface area contributed by atoms with Crippen LogP contribution in [0.25, 0.3) is 16.0 Å². The lowest BCUT2D eigenvalue weighted by molar-refractivity contribution is 0.0999. The van der Waals surface area contributed by atoms with E-state index in [0.717, 1.165) is 53.3 Å². The van der Waals surface area contributed by atoms with Crippen LogP contribution in [0.3, 0.4) is 0 Å². The van der Waals surface area contributed by atoms with E-state index in [0.29, 0.717) is 15.6 Å². The number of hydrogen-bond donors (Lipinski definition) is 2. The molecule has 0 radical (unpaired) electrons. The predicted molar refractivity (Wildman–Crippen MR) is 139 cm³/mol. The van der Waals surface area contributed by atoms with Crippen molar-refractivity contribution < 1.29 is 14.3 Å². The third-order valence-corrected chi connectivity index (χ3v) is 7.41. The topological polar surface area (TPSA) is 91.4 Å². The number of nitrogens with two attached hydrogens (primary N) is 1. The molecule has 1 unspecified atom stereocenters. The first kappa shape index (κ1) is 23.4. The zero-order valence-electron chi connectivity index (χ0n) is 18.9. The van der Waals surface area contributed by atoms with Gasteiger partial charge in [-0.2, -0.15) is 0 Å². The quantitative estimate of drug-likeness (QED) is 0.316. The highest BCUT2D eigenvalue weighted by atomic mass is 35.5. The molecule has 3 N–H and O–H groups in total. The van der Waals surface area contributed by atoms with Crippen LogP contribution in [0.5, 0.6) is 11.5 Å². The highest BCUT2D eigenvalue weighted by Crippen LogP contribution is 2.37. The summed E-state index contributed by atoms with van der Waals surface area (Å²) >= 11 is 7.60. The lowest BCUT2D eigenvalue weighted by atomic mass is 10.1. The normalized spacial score (nSPS) is 15.1. The van der Waals surface area contributed by atoms with Crippen molar-refractivity contribution >= 4 is 39.9 Å². The Hall–Kier alpha value is -3.33. The fraction of sp³-hybridized carbons (Fsp3) is 0.231. The molecule has 5 rings (SSSR count). The SMILES string of the molecule is C=CC(Oc1cc(-n2cnc3ccc(OC4CCNCC4)cc32)sc1C(N)=O)c1ccccc1Cl. The van der Waals surface area contributed by atoms with Gasteiger partial charge in [-0.3, -0.25) is 9.36 Å². The first-order valence-electron chi connectivity index (χ1n) is 11.4. The van der Waals surface area contributed by atoms with E-state index in [9.17, 15) is 4.79 Å². The molecule has 0 saturated carbocycles. The fourth-order valence-electron chi connectivity index (χ4n) is 4.16. The first-order valence-corrected chi connectivity index (χ1v) is 12.5. The summed E-state index contributed by atoms with van der Waals surface area (Å²) in [7, 11) is 0. The lowest BCUT2D eigenvalue weighted by Gasteiger charge is -2.23. The number of primary amides is 1. The van der Waals surface area contributed by atoms with Crippen molar-refractivity contribution in [2.75, 3.05) is 13.1 Å². The molecule has 4 aromatic rings. The summed E-state index contributed by atoms with van der Waals surface area (Å²) < 4.78 is 14.3. The zero-order valence-corrected chi connectivity index (χ0v) is 20.5. The maximum Gasteiger partial charge on any atom is 0.262 e. The number of piperidine rings is 1. The van der Waals surface area contributed by atoms with Gasteiger partial charge in [0, 0.05) is 22.7 Å². The Morgan fingerprint density at radius 2 is 2.06 bits per heavy atom. The molecule has 1 aliphatic heterocycles. The van der Waals surface area contributed by atoms with Crippen LogP contribution in [0.2, 0.25) is 5.02 Å². The number of amides is 1. The number of halogens is 1. The number of rotatable bonds is 8. The number of hydrogen-bond acceptors (Lipinski definition) is 6. The van der Waals surface area contributed by atoms with Gasteiger partial charge in [0.15, 0.2) is 0 Å². The average Bonchev–Trinajstić information content (AvgIpc) is 3.47. The summed E-state index contributed by atoms with van der Waals surface area (Å²) in [5, 5.41) is 4.65. The summed E-state index contributed by atoms with van der Waals surface area (Å²) in [5.74, 6) is 0.587. The maximum absolute atomic E-state index is 12.3. The van der Waals surface area contributed by atoms with Gasteiger partial charge in [-0.25, -0.2) is 4.98 Å². The number of benzene rings is 2. The van der Waals surface area contributed by atoms with Gasteiger partial charge >= 0.3 is 0 Å². The molecule has 0 spiro atoms. The highest BCUT2D eigenvalue weighted by molar-refractivity contribution is 7.16. The van der Waals surface area contributed by atoms with Crippen LogP contribution >= 0.6 is 22.9 Å². The molecule has 1 fully saturated rings. The third-order valence-electron chi connectivity index (χ3n) is 5.93. The third kappa shape index (κ3) is 4.91. The molecule has 7 nitrogen and oxygen atoms in total. The van der Waals surface area contributed by atoms with Crippen molar-refractivity contribution in [3.05, 3.63) is 83.0 Å². The van der Waals surface area contributed by atoms with Crippen molar-refractivity contribution in [2.45, 2.75) is 25.0 Å². The molecular weight excluding hydrogens is 484 g/mol. The molecule has 180 valence electrons. The van der Waals surface area contributed by atoms with Gasteiger partial charge in [-0.05, 0) is 50.2 Å². The monoisotopic (exact) mass is 508 g/mol. The molecule has 1 saturated heterocycles. The first-order chi connectivity index (χ1) is 17.0. The Morgan fingerprint density at radius 1 is 1.26 bits per heavy atom. The number of carbonyl (C=O) groups is 1. The number of nitrogens with zero attached hydrogens (tertiary/aromatic N) is 2. The van der Waals surface area contributed by atoms with Crippen LogP contribution in [0.15, 0.2) is 67.5 Å². The minimum absolute atomic E-state index is 0.189. The van der Waals surface area contributed by atoms with Crippen LogP contribution in [-0.2, 0) is 0 Å². The Balaban J connectivity index is 1.48. The van der Waals surface area contributed by atoms with Gasteiger partial charge in [-0.15, -0.1) is 11.3 Å². The second-order valence-corrected chi connectivity index (χ2v) is 9.71. The molecule has 0 bridgehead atoms. The van der Waals surface area contributed by atoms with E-state index in [1.807, 2.05) is 41.0 Å². The van der Waals surface area contributed by atoms with E-state index in [-0.39, 0.29) is 6.10 Å². The van der Waals surface area contributed by atoms with Gasteiger partial charge in [0.25, 0.3) is 5.91 Å². The summed E-state index contributed by atoms with van der Waals surface area (Å²) in [6, 6.07) is 15.0. The van der Waals surface area contributed by atoms with E-state index in [4.69, 9.17) is 26.8 Å². The summed E-state index contributed by atoms with van der Waals surface area (Å²) in [5.41, 5.74) is 8.13. The van der Waals surface area contributed by atoms with E-state index in [2.05, 4.69) is 16.9 Å². The second kappa shape index (κ2) is 10.1. The van der Waals surface area contributed by atoms with Gasteiger partial charge in [0.1, 0.15) is 39.9 Å². The zero-order chi connectivity index (χ0) is 24.4. The van der Waals surface area contributed by atoms with E-state index < -0.39 is 12.0 Å². The highest BCUT2D eigenvalue weighted by Gasteiger charge is 2.22. The Kier molecular flexibility index (Phi) is 6.77. The molecule has 1 aliphatic rings. The number of aromatic nitrogens is 2. The second-order valence-electron chi connectivity index (χ2n) is 8.27. The van der Waals surface area contributed by atoms with Gasteiger partial charge in [0.05, 0.1) is 11.0 Å². The predicted octanol–water partition coefficient (Wildman–Crippen LogP) is 5.28. The molecule has 2 aromatic heterocycles. The van der Waals surface area contributed by atoms with E-state index in [1.54, 1.807) is 24.5 Å². The van der Waals surface area contributed by atoms with Crippen molar-refractivity contribution in [3.63, 3.8) is 0 Å². The lowest BCUT2D eigenvalue weighted by Crippen LogP contribution is -2.34. The summed E-state index contributed by atoms with van der Waals surface area (Å²) in [6.07, 6.45) is 4.95. The standard InChI is InChI=1S/C26H25ClN4O3S/c1-2-22(18-5-3-4-6-19(18)27)34-23-14-24(35-25(23)26(28)32)31-15-30-20-8-7-17(13-21(20)31)33-16-9-11-29-12-10-16/h2-8,13-16,22,29H,1,9-12H2,(H2,28,32).